The molecule has 0 fully saturated rings. The minimum atomic E-state index is -4.77. The van der Waals surface area contributed by atoms with Crippen LogP contribution in [0.15, 0.2) is 53.5 Å². The highest BCUT2D eigenvalue weighted by Gasteiger charge is 2.42. The first-order chi connectivity index (χ1) is 19.2. The molecular weight excluding hydrogens is 558 g/mol. The van der Waals surface area contributed by atoms with Crippen molar-refractivity contribution in [3.8, 4) is 5.75 Å². The SMILES string of the molecule is NC(=O)[C@H](CCC(F)(F)F)[C@H](CCC(F)(F)F)C(=O)N[C@H]1N=C(c2ccccc2)c2cccc3c2N(CCO3)C1=O. The number of halogens is 6. The summed E-state index contributed by atoms with van der Waals surface area (Å²) in [5.41, 5.74) is 6.97. The smallest absolute Gasteiger partial charge is 0.389 e. The molecule has 2 aromatic carbocycles. The zero-order chi connectivity index (χ0) is 29.9. The number of hydrogen-bond donors (Lipinski definition) is 2. The molecule has 14 heteroatoms. The Hall–Kier alpha value is -4.10. The van der Waals surface area contributed by atoms with Crippen LogP contribution in [-0.2, 0) is 14.4 Å². The number of aliphatic imine (C=N–C) groups is 1. The first-order valence-electron chi connectivity index (χ1n) is 12.7. The van der Waals surface area contributed by atoms with E-state index in [-0.39, 0.29) is 18.9 Å². The number of nitrogens with zero attached hydrogens (tertiary/aromatic N) is 2. The lowest BCUT2D eigenvalue weighted by Gasteiger charge is -2.31. The Kier molecular flexibility index (Phi) is 8.59. The monoisotopic (exact) mass is 584 g/mol. The van der Waals surface area contributed by atoms with Crippen LogP contribution in [0.2, 0.25) is 0 Å². The molecule has 0 unspecified atom stereocenters. The van der Waals surface area contributed by atoms with Crippen LogP contribution in [-0.4, -0.2) is 55.1 Å². The van der Waals surface area contributed by atoms with Gasteiger partial charge in [0.25, 0.3) is 5.91 Å². The van der Waals surface area contributed by atoms with Crippen molar-refractivity contribution in [1.29, 1.82) is 0 Å². The number of rotatable bonds is 9. The van der Waals surface area contributed by atoms with Crippen molar-refractivity contribution in [2.24, 2.45) is 22.6 Å². The molecule has 0 saturated heterocycles. The van der Waals surface area contributed by atoms with Gasteiger partial charge in [0.1, 0.15) is 12.4 Å². The molecule has 2 aromatic rings. The van der Waals surface area contributed by atoms with Crippen LogP contribution < -0.4 is 20.7 Å². The van der Waals surface area contributed by atoms with E-state index >= 15 is 0 Å². The molecular formula is C27H26F6N4O4. The van der Waals surface area contributed by atoms with Crippen molar-refractivity contribution in [1.82, 2.24) is 5.32 Å². The van der Waals surface area contributed by atoms with Crippen molar-refractivity contribution in [2.45, 2.75) is 44.2 Å². The molecule has 2 aliphatic heterocycles. The molecule has 0 spiro atoms. The molecule has 0 bridgehead atoms. The average Bonchev–Trinajstić information content (AvgIpc) is 3.01. The summed E-state index contributed by atoms with van der Waals surface area (Å²) in [6, 6.07) is 13.6. The molecule has 3 N–H and O–H groups in total. The summed E-state index contributed by atoms with van der Waals surface area (Å²) < 4.78 is 83.8. The molecule has 0 aliphatic carbocycles. The van der Waals surface area contributed by atoms with Crippen molar-refractivity contribution in [3.05, 3.63) is 59.7 Å². The molecule has 4 rings (SSSR count). The van der Waals surface area contributed by atoms with Gasteiger partial charge in [0.15, 0.2) is 0 Å². The number of carbonyl (C=O) groups is 3. The number of ether oxygens (including phenoxy) is 1. The molecule has 0 radical (unpaired) electrons. The lowest BCUT2D eigenvalue weighted by Crippen LogP contribution is -2.52. The third-order valence-corrected chi connectivity index (χ3v) is 6.85. The van der Waals surface area contributed by atoms with Gasteiger partial charge in [-0.2, -0.15) is 26.3 Å². The maximum Gasteiger partial charge on any atom is 0.389 e. The largest absolute Gasteiger partial charge is 0.490 e. The van der Waals surface area contributed by atoms with Crippen LogP contribution in [0.4, 0.5) is 32.0 Å². The third kappa shape index (κ3) is 7.16. The fourth-order valence-electron chi connectivity index (χ4n) is 4.95. The fourth-order valence-corrected chi connectivity index (χ4v) is 4.95. The van der Waals surface area contributed by atoms with E-state index in [9.17, 15) is 40.7 Å². The highest BCUT2D eigenvalue weighted by Crippen LogP contribution is 2.39. The Bertz CT molecular complexity index is 1330. The van der Waals surface area contributed by atoms with Crippen molar-refractivity contribution in [3.63, 3.8) is 0 Å². The number of nitrogens with one attached hydrogen (secondary N) is 1. The van der Waals surface area contributed by atoms with Crippen LogP contribution in [0.3, 0.4) is 0 Å². The number of nitrogens with two attached hydrogens (primary N) is 1. The lowest BCUT2D eigenvalue weighted by atomic mass is 9.83. The zero-order valence-electron chi connectivity index (χ0n) is 21.5. The minimum absolute atomic E-state index is 0.0692. The van der Waals surface area contributed by atoms with Crippen LogP contribution in [0, 0.1) is 11.8 Å². The van der Waals surface area contributed by atoms with Gasteiger partial charge in [0, 0.05) is 35.8 Å². The highest BCUT2D eigenvalue weighted by atomic mass is 19.4. The first kappa shape index (κ1) is 29.9. The van der Waals surface area contributed by atoms with Gasteiger partial charge >= 0.3 is 12.4 Å². The summed E-state index contributed by atoms with van der Waals surface area (Å²) >= 11 is 0. The van der Waals surface area contributed by atoms with Crippen molar-refractivity contribution >= 4 is 29.1 Å². The summed E-state index contributed by atoms with van der Waals surface area (Å²) in [5, 5.41) is 2.31. The van der Waals surface area contributed by atoms with E-state index in [4.69, 9.17) is 10.5 Å². The Labute approximate surface area is 230 Å². The Morgan fingerprint density at radius 3 is 2.22 bits per heavy atom. The fraction of sp³-hybridized carbons (Fsp3) is 0.407. The first-order valence-corrected chi connectivity index (χ1v) is 12.7. The van der Waals surface area contributed by atoms with Gasteiger partial charge in [0.05, 0.1) is 17.9 Å². The number of carbonyl (C=O) groups excluding carboxylic acids is 3. The van der Waals surface area contributed by atoms with Crippen LogP contribution >= 0.6 is 0 Å². The van der Waals surface area contributed by atoms with E-state index < -0.39 is 73.8 Å². The second kappa shape index (κ2) is 11.8. The standard InChI is InChI=1S/C27H26F6N4O4/c28-26(29,30)11-9-16(22(34)38)17(10-12-27(31,32)33)24(39)36-23-25(40)37-13-14-41-19-8-4-7-18(21(19)37)20(35-23)15-5-2-1-3-6-15/h1-8,16-17,23H,9-14H2,(H2,34,38)(H,36,39)/t16-,17+,23-/m1/s1. The summed E-state index contributed by atoms with van der Waals surface area (Å²) in [6.07, 6.45) is -16.3. The van der Waals surface area contributed by atoms with E-state index in [1.165, 1.54) is 4.90 Å². The van der Waals surface area contributed by atoms with Crippen molar-refractivity contribution < 1.29 is 45.5 Å². The highest BCUT2D eigenvalue weighted by molar-refractivity contribution is 6.21. The number of hydrogen-bond acceptors (Lipinski definition) is 5. The Balaban J connectivity index is 1.73. The second-order valence-electron chi connectivity index (χ2n) is 9.67. The Morgan fingerprint density at radius 1 is 0.976 bits per heavy atom. The number of anilines is 1. The van der Waals surface area contributed by atoms with Gasteiger partial charge in [-0.15, -0.1) is 0 Å². The summed E-state index contributed by atoms with van der Waals surface area (Å²) in [7, 11) is 0. The number of benzene rings is 2. The molecule has 220 valence electrons. The normalized spacial score (nSPS) is 18.4. The number of amides is 3. The molecule has 2 aliphatic rings. The number of alkyl halides is 6. The third-order valence-electron chi connectivity index (χ3n) is 6.85. The second-order valence-corrected chi connectivity index (χ2v) is 9.67. The predicted octanol–water partition coefficient (Wildman–Crippen LogP) is 4.11. The minimum Gasteiger partial charge on any atom is -0.490 e. The molecule has 3 atom stereocenters. The summed E-state index contributed by atoms with van der Waals surface area (Å²) in [6.45, 7) is 0.179. The maximum atomic E-state index is 13.7. The molecule has 2 heterocycles. The maximum absolute atomic E-state index is 13.7. The van der Waals surface area contributed by atoms with Gasteiger partial charge < -0.3 is 20.7 Å². The topological polar surface area (TPSA) is 114 Å². The summed E-state index contributed by atoms with van der Waals surface area (Å²) in [4.78, 5) is 45.0. The molecule has 41 heavy (non-hydrogen) atoms. The van der Waals surface area contributed by atoms with Gasteiger partial charge in [-0.25, -0.2) is 4.99 Å². The predicted molar refractivity (Wildman–Crippen MR) is 135 cm³/mol. The van der Waals surface area contributed by atoms with Crippen molar-refractivity contribution in [2.75, 3.05) is 18.1 Å². The van der Waals surface area contributed by atoms with E-state index in [0.29, 0.717) is 22.6 Å². The van der Waals surface area contributed by atoms with Gasteiger partial charge in [0.2, 0.25) is 18.0 Å². The van der Waals surface area contributed by atoms with E-state index in [0.717, 1.165) is 0 Å². The quantitative estimate of drug-likeness (QED) is 0.432. The van der Waals surface area contributed by atoms with Gasteiger partial charge in [-0.05, 0) is 18.9 Å². The van der Waals surface area contributed by atoms with Crippen LogP contribution in [0.1, 0.15) is 36.8 Å². The molecule has 3 amide bonds. The lowest BCUT2D eigenvalue weighted by molar-refractivity contribution is -0.152. The molecule has 0 saturated carbocycles. The van der Waals surface area contributed by atoms with E-state index in [1.807, 2.05) is 0 Å². The summed E-state index contributed by atoms with van der Waals surface area (Å²) in [5.74, 6) is -6.73. The average molecular weight is 585 g/mol. The van der Waals surface area contributed by atoms with Gasteiger partial charge in [-0.1, -0.05) is 42.5 Å². The van der Waals surface area contributed by atoms with Crippen LogP contribution in [0.25, 0.3) is 0 Å². The zero-order valence-corrected chi connectivity index (χ0v) is 21.5. The number of primary amides is 1. The molecule has 8 nitrogen and oxygen atoms in total. The Morgan fingerprint density at radius 2 is 1.61 bits per heavy atom. The van der Waals surface area contributed by atoms with E-state index in [2.05, 4.69) is 10.3 Å². The van der Waals surface area contributed by atoms with E-state index in [1.54, 1.807) is 48.5 Å². The van der Waals surface area contributed by atoms with Crippen LogP contribution in [0.5, 0.6) is 5.75 Å². The molecule has 0 aromatic heterocycles. The number of para-hydroxylation sites is 1. The van der Waals surface area contributed by atoms with Gasteiger partial charge in [-0.3, -0.25) is 14.4 Å².